The molecule has 0 N–H and O–H groups in total. The molecule has 0 unspecified atom stereocenters. The molecule has 2 amide bonds. The van der Waals surface area contributed by atoms with E-state index in [4.69, 9.17) is 62.3 Å². The van der Waals surface area contributed by atoms with Gasteiger partial charge in [0.1, 0.15) is 31.4 Å². The maximum absolute atomic E-state index is 13.7. The van der Waals surface area contributed by atoms with Crippen molar-refractivity contribution in [2.24, 2.45) is 9.98 Å². The monoisotopic (exact) mass is 1020 g/mol. The number of benzene rings is 2. The minimum atomic E-state index is -0.120. The zero-order valence-corrected chi connectivity index (χ0v) is 43.8. The summed E-state index contributed by atoms with van der Waals surface area (Å²) in [7, 11) is 4.70. The average Bonchev–Trinajstić information content (AvgIpc) is 3.98. The van der Waals surface area contributed by atoms with Crippen molar-refractivity contribution in [3.8, 4) is 28.7 Å². The smallest absolute Gasteiger partial charge is 0.257 e. The predicted molar refractivity (Wildman–Crippen MR) is 279 cm³/mol. The van der Waals surface area contributed by atoms with Crippen LogP contribution >= 0.6 is 0 Å². The van der Waals surface area contributed by atoms with Crippen LogP contribution in [0.1, 0.15) is 78.6 Å². The molecule has 1 aromatic heterocycles. The second kappa shape index (κ2) is 28.5. The Morgan fingerprint density at radius 1 is 0.608 bits per heavy atom. The van der Waals surface area contributed by atoms with E-state index in [1.807, 2.05) is 36.1 Å². The van der Waals surface area contributed by atoms with Crippen LogP contribution in [0.4, 0.5) is 11.4 Å². The second-order valence-electron chi connectivity index (χ2n) is 18.2. The highest BCUT2D eigenvalue weighted by Gasteiger charge is 2.36. The lowest BCUT2D eigenvalue weighted by Crippen LogP contribution is -2.35. The molecular formula is C55H72N6O13. The number of rotatable bonds is 31. The van der Waals surface area contributed by atoms with Crippen molar-refractivity contribution in [1.29, 1.82) is 0 Å². The number of aliphatic imine (C=N–C) groups is 2. The first kappa shape index (κ1) is 55.5. The maximum atomic E-state index is 13.7. The molecule has 2 saturated heterocycles. The molecule has 74 heavy (non-hydrogen) atoms. The van der Waals surface area contributed by atoms with Crippen molar-refractivity contribution in [1.82, 2.24) is 19.7 Å². The largest absolute Gasteiger partial charge is 0.493 e. The van der Waals surface area contributed by atoms with Crippen LogP contribution in [-0.4, -0.2) is 182 Å². The maximum Gasteiger partial charge on any atom is 0.257 e. The molecule has 0 radical (unpaired) electrons. The number of amides is 2. The third-order valence-corrected chi connectivity index (χ3v) is 13.1. The van der Waals surface area contributed by atoms with Crippen molar-refractivity contribution in [2.45, 2.75) is 71.8 Å². The molecule has 19 nitrogen and oxygen atoms in total. The number of hydrogen-bond donors (Lipinski definition) is 0. The highest BCUT2D eigenvalue weighted by molar-refractivity contribution is 6.04. The van der Waals surface area contributed by atoms with Crippen LogP contribution in [0.3, 0.4) is 0 Å². The lowest BCUT2D eigenvalue weighted by Gasteiger charge is -2.22. The van der Waals surface area contributed by atoms with Crippen molar-refractivity contribution in [2.75, 3.05) is 120 Å². The number of ether oxygens (including phenoxy) is 10. The van der Waals surface area contributed by atoms with Gasteiger partial charge in [0.05, 0.1) is 120 Å². The minimum absolute atomic E-state index is 0.0152. The molecule has 3 aromatic rings. The summed E-state index contributed by atoms with van der Waals surface area (Å²) >= 11 is 0. The van der Waals surface area contributed by atoms with Crippen LogP contribution in [0.5, 0.6) is 28.7 Å². The van der Waals surface area contributed by atoms with Gasteiger partial charge in [-0.05, 0) is 58.7 Å². The average molecular weight is 1030 g/mol. The normalized spacial score (nSPS) is 17.9. The van der Waals surface area contributed by atoms with E-state index in [1.165, 1.54) is 25.4 Å². The molecule has 2 aromatic carbocycles. The molecular weight excluding hydrogens is 953 g/mol. The van der Waals surface area contributed by atoms with Gasteiger partial charge in [0.25, 0.3) is 11.8 Å². The number of hydrogen-bond acceptors (Lipinski definition) is 17. The minimum Gasteiger partial charge on any atom is -0.493 e. The molecule has 4 aliphatic heterocycles. The topological polar surface area (TPSA) is 191 Å². The molecule has 0 bridgehead atoms. The zero-order valence-electron chi connectivity index (χ0n) is 43.8. The SMILES string of the molecule is C/C=C1\C[C@H]2C=Nc3cc(OCc4cc(OCCOCCOCCN(CCCC(C)=O)CCOCCOCCOC)cc(COc5cc6c(cc5OC)C(=O)N5C/C(=C/C)C[C@H]5C=N6)n4)c(OC)cc3C(=O)N2C1. The number of Topliss-reactive ketones (excluding diaryl/α,β-unsaturated/α-hetero) is 1. The lowest BCUT2D eigenvalue weighted by atomic mass is 10.1. The molecule has 0 saturated carbocycles. The Balaban J connectivity index is 0.970. The molecule has 2 atom stereocenters. The molecule has 5 heterocycles. The first-order chi connectivity index (χ1) is 36.1. The van der Waals surface area contributed by atoms with Crippen molar-refractivity contribution in [3.63, 3.8) is 0 Å². The van der Waals surface area contributed by atoms with Crippen LogP contribution in [0.2, 0.25) is 0 Å². The van der Waals surface area contributed by atoms with Gasteiger partial charge in [0, 0.05) is 76.4 Å². The van der Waals surface area contributed by atoms with Gasteiger partial charge in [0.15, 0.2) is 23.0 Å². The molecule has 19 heteroatoms. The van der Waals surface area contributed by atoms with Crippen LogP contribution < -0.4 is 23.7 Å². The van der Waals surface area contributed by atoms with E-state index in [0.29, 0.717) is 148 Å². The Labute approximate surface area is 434 Å². The number of aromatic nitrogens is 1. The van der Waals surface area contributed by atoms with Crippen LogP contribution in [0, 0.1) is 0 Å². The second-order valence-corrected chi connectivity index (χ2v) is 18.2. The highest BCUT2D eigenvalue weighted by atomic mass is 16.6. The van der Waals surface area contributed by atoms with E-state index in [0.717, 1.165) is 32.4 Å². The fraction of sp³-hybridized carbons (Fsp3) is 0.527. The molecule has 2 fully saturated rings. The van der Waals surface area contributed by atoms with E-state index in [2.05, 4.69) is 17.1 Å². The first-order valence-electron chi connectivity index (χ1n) is 25.4. The summed E-state index contributed by atoms with van der Waals surface area (Å²) in [5.74, 6) is 2.03. The number of carbonyl (C=O) groups is 3. The van der Waals surface area contributed by atoms with Crippen LogP contribution in [-0.2, 0) is 41.7 Å². The van der Waals surface area contributed by atoms with Gasteiger partial charge >= 0.3 is 0 Å². The number of carbonyl (C=O) groups excluding carboxylic acids is 3. The Hall–Kier alpha value is -6.22. The van der Waals surface area contributed by atoms with Crippen molar-refractivity contribution >= 4 is 41.4 Å². The number of allylic oxidation sites excluding steroid dienone is 2. The van der Waals surface area contributed by atoms with Gasteiger partial charge in [-0.2, -0.15) is 0 Å². The van der Waals surface area contributed by atoms with Gasteiger partial charge in [-0.3, -0.25) is 29.5 Å². The molecule has 0 spiro atoms. The Morgan fingerprint density at radius 3 is 1.54 bits per heavy atom. The highest BCUT2D eigenvalue weighted by Crippen LogP contribution is 2.41. The van der Waals surface area contributed by atoms with Gasteiger partial charge in [-0.1, -0.05) is 23.3 Å². The summed E-state index contributed by atoms with van der Waals surface area (Å²) in [5.41, 5.74) is 5.33. The lowest BCUT2D eigenvalue weighted by molar-refractivity contribution is -0.117. The fourth-order valence-corrected chi connectivity index (χ4v) is 8.96. The van der Waals surface area contributed by atoms with E-state index in [1.54, 1.807) is 50.4 Å². The zero-order chi connectivity index (χ0) is 52.2. The van der Waals surface area contributed by atoms with Gasteiger partial charge in [-0.25, -0.2) is 0 Å². The Bertz CT molecular complexity index is 2380. The summed E-state index contributed by atoms with van der Waals surface area (Å²) in [5, 5.41) is 0. The molecule has 7 rings (SSSR count). The summed E-state index contributed by atoms with van der Waals surface area (Å²) in [4.78, 5) is 59.2. The van der Waals surface area contributed by atoms with E-state index < -0.39 is 0 Å². The van der Waals surface area contributed by atoms with E-state index in [-0.39, 0.29) is 49.5 Å². The van der Waals surface area contributed by atoms with Crippen molar-refractivity contribution in [3.05, 3.63) is 82.2 Å². The summed E-state index contributed by atoms with van der Waals surface area (Å²) in [6.45, 7) is 13.4. The summed E-state index contributed by atoms with van der Waals surface area (Å²) in [6.07, 6.45) is 10.6. The standard InChI is InChI=1S/C55H72N6O13/c1-7-39-24-43-32-56-48-30-52(50(66-5)28-46(48)54(63)60(43)34-39)73-36-41-26-45(72-23-22-71-21-19-69-15-13-59(11-9-10-38(3)62)12-14-68-18-20-70-17-16-65-4)27-42(58-41)37-74-53-31-49-47(29-51(53)67-6)55(64)61-35-40(8-2)25-44(61)33-57-49/h7-8,26-33,43-44H,9-25,34-37H2,1-6H3/b39-7+,40-8+/t43-,44-/m0/s1. The fourth-order valence-electron chi connectivity index (χ4n) is 8.96. The Kier molecular flexibility index (Phi) is 21.3. The number of fused-ring (bicyclic) bond motifs is 4. The van der Waals surface area contributed by atoms with Gasteiger partial charge in [-0.15, -0.1) is 0 Å². The van der Waals surface area contributed by atoms with Crippen LogP contribution in [0.15, 0.2) is 69.7 Å². The predicted octanol–water partition coefficient (Wildman–Crippen LogP) is 6.77. The third kappa shape index (κ3) is 15.4. The number of pyridine rings is 1. The Morgan fingerprint density at radius 2 is 1.08 bits per heavy atom. The van der Waals surface area contributed by atoms with E-state index in [9.17, 15) is 14.4 Å². The van der Waals surface area contributed by atoms with Crippen molar-refractivity contribution < 1.29 is 61.8 Å². The summed E-state index contributed by atoms with van der Waals surface area (Å²) in [6, 6.07) is 10.1. The molecule has 0 aliphatic carbocycles. The summed E-state index contributed by atoms with van der Waals surface area (Å²) < 4.78 is 58.4. The quantitative estimate of drug-likeness (QED) is 0.0484. The number of ketones is 1. The molecule has 400 valence electrons. The van der Waals surface area contributed by atoms with Crippen LogP contribution in [0.25, 0.3) is 0 Å². The van der Waals surface area contributed by atoms with Gasteiger partial charge in [0.2, 0.25) is 0 Å². The first-order valence-corrected chi connectivity index (χ1v) is 25.4. The van der Waals surface area contributed by atoms with E-state index >= 15 is 0 Å². The third-order valence-electron chi connectivity index (χ3n) is 13.1. The number of nitrogens with zero attached hydrogens (tertiary/aromatic N) is 6. The van der Waals surface area contributed by atoms with Gasteiger partial charge < -0.3 is 62.0 Å². The number of methoxy groups -OCH3 is 3. The molecule has 4 aliphatic rings.